The number of hydrogen-bond donors (Lipinski definition) is 2. The average molecular weight is 228 g/mol. The lowest BCUT2D eigenvalue weighted by molar-refractivity contribution is 0.777. The molecule has 0 saturated carbocycles. The Labute approximate surface area is 103 Å². The van der Waals surface area contributed by atoms with E-state index in [0.29, 0.717) is 5.92 Å². The molecule has 0 fully saturated rings. The summed E-state index contributed by atoms with van der Waals surface area (Å²) in [5, 5.41) is 1.28. The van der Waals surface area contributed by atoms with E-state index in [1.54, 1.807) is 0 Å². The number of benzene rings is 1. The van der Waals surface area contributed by atoms with Gasteiger partial charge in [-0.3, -0.25) is 0 Å². The van der Waals surface area contributed by atoms with E-state index in [4.69, 9.17) is 5.73 Å². The summed E-state index contributed by atoms with van der Waals surface area (Å²) in [5.41, 5.74) is 8.58. The SMILES string of the molecule is CC(C)/C=C/C(N)Cc1c[nH]c2ccccc12. The lowest BCUT2D eigenvalue weighted by Crippen LogP contribution is -2.19. The van der Waals surface area contributed by atoms with Crippen LogP contribution in [0.4, 0.5) is 0 Å². The number of fused-ring (bicyclic) bond motifs is 1. The largest absolute Gasteiger partial charge is 0.361 e. The zero-order valence-electron chi connectivity index (χ0n) is 10.5. The van der Waals surface area contributed by atoms with Crippen molar-refractivity contribution in [1.29, 1.82) is 0 Å². The highest BCUT2D eigenvalue weighted by molar-refractivity contribution is 5.83. The van der Waals surface area contributed by atoms with E-state index in [0.717, 1.165) is 6.42 Å². The van der Waals surface area contributed by atoms with Crippen molar-refractivity contribution in [2.24, 2.45) is 11.7 Å². The summed E-state index contributed by atoms with van der Waals surface area (Å²) in [4.78, 5) is 3.28. The third-order valence-corrected chi connectivity index (χ3v) is 2.87. The van der Waals surface area contributed by atoms with Crippen LogP contribution in [-0.4, -0.2) is 11.0 Å². The Morgan fingerprint density at radius 2 is 2.00 bits per heavy atom. The molecular formula is C15H20N2. The van der Waals surface area contributed by atoms with E-state index >= 15 is 0 Å². The topological polar surface area (TPSA) is 41.8 Å². The number of allylic oxidation sites excluding steroid dienone is 1. The minimum absolute atomic E-state index is 0.0941. The van der Waals surface area contributed by atoms with Gasteiger partial charge in [-0.25, -0.2) is 0 Å². The smallest absolute Gasteiger partial charge is 0.0456 e. The standard InChI is InChI=1S/C15H20N2/c1-11(2)7-8-13(16)9-12-10-17-15-6-4-3-5-14(12)15/h3-8,10-11,13,17H,9,16H2,1-2H3/b8-7+. The summed E-state index contributed by atoms with van der Waals surface area (Å²) in [6, 6.07) is 8.43. The third kappa shape index (κ3) is 2.98. The first-order valence-corrected chi connectivity index (χ1v) is 6.15. The first-order valence-electron chi connectivity index (χ1n) is 6.15. The third-order valence-electron chi connectivity index (χ3n) is 2.87. The molecule has 0 aliphatic heterocycles. The van der Waals surface area contributed by atoms with E-state index in [1.807, 2.05) is 6.07 Å². The molecule has 0 spiro atoms. The summed E-state index contributed by atoms with van der Waals surface area (Å²) in [6.45, 7) is 4.32. The highest BCUT2D eigenvalue weighted by atomic mass is 14.7. The van der Waals surface area contributed by atoms with Crippen molar-refractivity contribution in [1.82, 2.24) is 4.98 Å². The van der Waals surface area contributed by atoms with Crippen molar-refractivity contribution in [3.63, 3.8) is 0 Å². The molecule has 0 aliphatic rings. The Hall–Kier alpha value is -1.54. The number of para-hydroxylation sites is 1. The van der Waals surface area contributed by atoms with Crippen LogP contribution in [0.25, 0.3) is 10.9 Å². The zero-order valence-corrected chi connectivity index (χ0v) is 10.5. The fraction of sp³-hybridized carbons (Fsp3) is 0.333. The quantitative estimate of drug-likeness (QED) is 0.775. The van der Waals surface area contributed by atoms with Gasteiger partial charge in [-0.2, -0.15) is 0 Å². The number of hydrogen-bond acceptors (Lipinski definition) is 1. The van der Waals surface area contributed by atoms with Gasteiger partial charge >= 0.3 is 0 Å². The first kappa shape index (κ1) is 11.9. The van der Waals surface area contributed by atoms with Gasteiger partial charge in [0.15, 0.2) is 0 Å². The van der Waals surface area contributed by atoms with Gasteiger partial charge < -0.3 is 10.7 Å². The van der Waals surface area contributed by atoms with E-state index in [2.05, 4.69) is 55.4 Å². The lowest BCUT2D eigenvalue weighted by atomic mass is 10.0. The number of nitrogens with two attached hydrogens (primary N) is 1. The van der Waals surface area contributed by atoms with E-state index in [9.17, 15) is 0 Å². The lowest BCUT2D eigenvalue weighted by Gasteiger charge is -2.06. The molecule has 0 aliphatic carbocycles. The van der Waals surface area contributed by atoms with Crippen LogP contribution in [0.15, 0.2) is 42.6 Å². The van der Waals surface area contributed by atoms with Crippen molar-refractivity contribution >= 4 is 10.9 Å². The molecule has 0 radical (unpaired) electrons. The molecule has 1 unspecified atom stereocenters. The molecule has 2 heteroatoms. The summed E-state index contributed by atoms with van der Waals surface area (Å²) in [7, 11) is 0. The normalized spacial score (nSPS) is 13.9. The van der Waals surface area contributed by atoms with Crippen LogP contribution in [0.1, 0.15) is 19.4 Å². The summed E-state index contributed by atoms with van der Waals surface area (Å²) >= 11 is 0. The van der Waals surface area contributed by atoms with E-state index < -0.39 is 0 Å². The summed E-state index contributed by atoms with van der Waals surface area (Å²) in [5.74, 6) is 0.559. The molecule has 2 rings (SSSR count). The Balaban J connectivity index is 2.13. The van der Waals surface area contributed by atoms with Crippen LogP contribution < -0.4 is 5.73 Å². The maximum absolute atomic E-state index is 6.10. The molecule has 1 heterocycles. The Morgan fingerprint density at radius 1 is 1.24 bits per heavy atom. The van der Waals surface area contributed by atoms with Crippen LogP contribution in [0.5, 0.6) is 0 Å². The second-order valence-corrected chi connectivity index (χ2v) is 4.86. The summed E-state index contributed by atoms with van der Waals surface area (Å²) < 4.78 is 0. The molecule has 0 bridgehead atoms. The second-order valence-electron chi connectivity index (χ2n) is 4.86. The van der Waals surface area contributed by atoms with Crippen molar-refractivity contribution in [3.8, 4) is 0 Å². The van der Waals surface area contributed by atoms with Gasteiger partial charge in [0, 0.05) is 23.1 Å². The molecule has 1 aromatic carbocycles. The van der Waals surface area contributed by atoms with Gasteiger partial charge in [-0.1, -0.05) is 44.2 Å². The molecule has 0 saturated heterocycles. The number of nitrogens with one attached hydrogen (secondary N) is 1. The predicted octanol–water partition coefficient (Wildman–Crippen LogP) is 3.25. The van der Waals surface area contributed by atoms with Crippen molar-refractivity contribution in [2.75, 3.05) is 0 Å². The molecule has 2 nitrogen and oxygen atoms in total. The minimum atomic E-state index is 0.0941. The molecule has 3 N–H and O–H groups in total. The molecule has 1 atom stereocenters. The van der Waals surface area contributed by atoms with E-state index in [1.165, 1.54) is 16.5 Å². The van der Waals surface area contributed by atoms with Crippen LogP contribution in [0.3, 0.4) is 0 Å². The maximum atomic E-state index is 6.10. The van der Waals surface area contributed by atoms with Crippen LogP contribution in [0.2, 0.25) is 0 Å². The first-order chi connectivity index (χ1) is 8.16. The number of rotatable bonds is 4. The van der Waals surface area contributed by atoms with Crippen LogP contribution in [-0.2, 0) is 6.42 Å². The van der Waals surface area contributed by atoms with Crippen molar-refractivity contribution in [3.05, 3.63) is 48.2 Å². The van der Waals surface area contributed by atoms with E-state index in [-0.39, 0.29) is 6.04 Å². The second kappa shape index (κ2) is 5.19. The number of H-pyrrole nitrogens is 1. The molecule has 1 aromatic heterocycles. The maximum Gasteiger partial charge on any atom is 0.0456 e. The Kier molecular flexibility index (Phi) is 3.64. The van der Waals surface area contributed by atoms with Gasteiger partial charge in [-0.15, -0.1) is 0 Å². The Morgan fingerprint density at radius 3 is 2.76 bits per heavy atom. The Bertz CT molecular complexity index is 508. The van der Waals surface area contributed by atoms with Gasteiger partial charge in [0.2, 0.25) is 0 Å². The van der Waals surface area contributed by atoms with Crippen LogP contribution in [0, 0.1) is 5.92 Å². The monoisotopic (exact) mass is 228 g/mol. The average Bonchev–Trinajstić information content (AvgIpc) is 2.70. The highest BCUT2D eigenvalue weighted by Crippen LogP contribution is 2.18. The fourth-order valence-corrected chi connectivity index (χ4v) is 1.99. The van der Waals surface area contributed by atoms with Gasteiger partial charge in [0.05, 0.1) is 0 Å². The molecule has 0 amide bonds. The van der Waals surface area contributed by atoms with Crippen molar-refractivity contribution in [2.45, 2.75) is 26.3 Å². The zero-order chi connectivity index (χ0) is 12.3. The number of aromatic nitrogens is 1. The highest BCUT2D eigenvalue weighted by Gasteiger charge is 2.06. The molecular weight excluding hydrogens is 208 g/mol. The molecule has 90 valence electrons. The minimum Gasteiger partial charge on any atom is -0.361 e. The van der Waals surface area contributed by atoms with Gasteiger partial charge in [0.25, 0.3) is 0 Å². The summed E-state index contributed by atoms with van der Waals surface area (Å²) in [6.07, 6.45) is 7.22. The molecule has 17 heavy (non-hydrogen) atoms. The fourth-order valence-electron chi connectivity index (χ4n) is 1.99. The number of aromatic amines is 1. The van der Waals surface area contributed by atoms with Gasteiger partial charge in [0.1, 0.15) is 0 Å². The van der Waals surface area contributed by atoms with Crippen molar-refractivity contribution < 1.29 is 0 Å². The molecule has 2 aromatic rings. The predicted molar refractivity (Wildman–Crippen MR) is 74.0 cm³/mol. The van der Waals surface area contributed by atoms with Gasteiger partial charge in [-0.05, 0) is 24.0 Å². The van der Waals surface area contributed by atoms with Crippen LogP contribution >= 0.6 is 0 Å².